The molecule has 0 aromatic rings. The maximum absolute atomic E-state index is 11.9. The number of alkyl halides is 3. The van der Waals surface area contributed by atoms with Gasteiger partial charge in [0.25, 0.3) is 0 Å². The van der Waals surface area contributed by atoms with Gasteiger partial charge < -0.3 is 0 Å². The SMILES string of the molecule is CC.CC1CC1(C)C(F)(F)F. The van der Waals surface area contributed by atoms with Crippen LogP contribution < -0.4 is 0 Å². The van der Waals surface area contributed by atoms with Gasteiger partial charge >= 0.3 is 6.18 Å². The predicted molar refractivity (Wildman–Crippen MR) is 39.3 cm³/mol. The van der Waals surface area contributed by atoms with E-state index in [-0.39, 0.29) is 5.92 Å². The summed E-state index contributed by atoms with van der Waals surface area (Å²) in [5, 5.41) is 0. The van der Waals surface area contributed by atoms with Crippen molar-refractivity contribution in [3.63, 3.8) is 0 Å². The maximum atomic E-state index is 11.9. The van der Waals surface area contributed by atoms with E-state index in [2.05, 4.69) is 0 Å². The van der Waals surface area contributed by atoms with E-state index in [4.69, 9.17) is 0 Å². The normalized spacial score (nSPS) is 35.7. The summed E-state index contributed by atoms with van der Waals surface area (Å²) in [6, 6.07) is 0. The Bertz CT molecular complexity index is 128. The van der Waals surface area contributed by atoms with Gasteiger partial charge in [-0.3, -0.25) is 0 Å². The fraction of sp³-hybridized carbons (Fsp3) is 1.00. The Morgan fingerprint density at radius 1 is 1.27 bits per heavy atom. The van der Waals surface area contributed by atoms with Crippen LogP contribution in [0.4, 0.5) is 13.2 Å². The zero-order chi connectivity index (χ0) is 9.28. The molecule has 0 bridgehead atoms. The van der Waals surface area contributed by atoms with E-state index in [1.807, 2.05) is 13.8 Å². The number of hydrogen-bond acceptors (Lipinski definition) is 0. The minimum absolute atomic E-state index is 0.169. The Morgan fingerprint density at radius 2 is 1.55 bits per heavy atom. The highest BCUT2D eigenvalue weighted by molar-refractivity contribution is 5.01. The molecular weight excluding hydrogens is 153 g/mol. The summed E-state index contributed by atoms with van der Waals surface area (Å²) >= 11 is 0. The number of hydrogen-bond donors (Lipinski definition) is 0. The molecule has 68 valence electrons. The topological polar surface area (TPSA) is 0 Å². The van der Waals surface area contributed by atoms with Gasteiger partial charge in [-0.2, -0.15) is 13.2 Å². The van der Waals surface area contributed by atoms with Gasteiger partial charge in [0.05, 0.1) is 5.41 Å². The fourth-order valence-electron chi connectivity index (χ4n) is 0.972. The van der Waals surface area contributed by atoms with Crippen molar-refractivity contribution < 1.29 is 13.2 Å². The molecule has 0 N–H and O–H groups in total. The Kier molecular flexibility index (Phi) is 2.98. The van der Waals surface area contributed by atoms with Crippen LogP contribution in [0.3, 0.4) is 0 Å². The van der Waals surface area contributed by atoms with E-state index in [1.165, 1.54) is 6.92 Å². The third kappa shape index (κ3) is 1.88. The van der Waals surface area contributed by atoms with Crippen molar-refractivity contribution in [3.8, 4) is 0 Å². The molecule has 0 aromatic carbocycles. The van der Waals surface area contributed by atoms with Crippen molar-refractivity contribution in [2.45, 2.75) is 40.3 Å². The minimum Gasteiger partial charge on any atom is -0.171 e. The van der Waals surface area contributed by atoms with E-state index in [0.29, 0.717) is 6.42 Å². The van der Waals surface area contributed by atoms with Gasteiger partial charge in [-0.25, -0.2) is 0 Å². The summed E-state index contributed by atoms with van der Waals surface area (Å²) in [7, 11) is 0. The van der Waals surface area contributed by atoms with E-state index in [0.717, 1.165) is 0 Å². The molecule has 0 heterocycles. The lowest BCUT2D eigenvalue weighted by Gasteiger charge is -2.13. The van der Waals surface area contributed by atoms with Crippen LogP contribution >= 0.6 is 0 Å². The zero-order valence-electron chi connectivity index (χ0n) is 7.42. The van der Waals surface area contributed by atoms with Gasteiger partial charge in [0.1, 0.15) is 0 Å². The smallest absolute Gasteiger partial charge is 0.171 e. The molecule has 2 atom stereocenters. The van der Waals surface area contributed by atoms with Gasteiger partial charge in [-0.05, 0) is 12.3 Å². The average molecular weight is 168 g/mol. The molecule has 0 nitrogen and oxygen atoms in total. The quantitative estimate of drug-likeness (QED) is 0.518. The van der Waals surface area contributed by atoms with Crippen molar-refractivity contribution in [1.29, 1.82) is 0 Å². The molecule has 1 fully saturated rings. The van der Waals surface area contributed by atoms with E-state index >= 15 is 0 Å². The first-order valence-electron chi connectivity index (χ1n) is 3.94. The van der Waals surface area contributed by atoms with Crippen LogP contribution in [0.25, 0.3) is 0 Å². The second kappa shape index (κ2) is 3.03. The van der Waals surface area contributed by atoms with Crippen LogP contribution in [0.15, 0.2) is 0 Å². The van der Waals surface area contributed by atoms with Gasteiger partial charge in [0.15, 0.2) is 0 Å². The van der Waals surface area contributed by atoms with Crippen molar-refractivity contribution in [3.05, 3.63) is 0 Å². The highest BCUT2D eigenvalue weighted by Gasteiger charge is 2.64. The highest BCUT2D eigenvalue weighted by atomic mass is 19.4. The molecule has 2 unspecified atom stereocenters. The summed E-state index contributed by atoms with van der Waals surface area (Å²) in [5.41, 5.74) is -1.35. The third-order valence-corrected chi connectivity index (χ3v) is 2.31. The predicted octanol–water partition coefficient (Wildman–Crippen LogP) is 3.62. The molecule has 0 aromatic heterocycles. The molecule has 1 aliphatic rings. The Labute approximate surface area is 65.8 Å². The molecule has 0 radical (unpaired) electrons. The fourth-order valence-corrected chi connectivity index (χ4v) is 0.972. The lowest BCUT2D eigenvalue weighted by molar-refractivity contribution is -0.185. The van der Waals surface area contributed by atoms with Crippen molar-refractivity contribution in [2.75, 3.05) is 0 Å². The van der Waals surface area contributed by atoms with Gasteiger partial charge in [0.2, 0.25) is 0 Å². The summed E-state index contributed by atoms with van der Waals surface area (Å²) in [5.74, 6) is -0.169. The molecule has 0 spiro atoms. The lowest BCUT2D eigenvalue weighted by Crippen LogP contribution is -2.22. The first-order chi connectivity index (χ1) is 4.88. The molecule has 1 rings (SSSR count). The number of rotatable bonds is 0. The Balaban J connectivity index is 0.000000461. The largest absolute Gasteiger partial charge is 0.394 e. The summed E-state index contributed by atoms with van der Waals surface area (Å²) in [6.07, 6.45) is -3.68. The monoisotopic (exact) mass is 168 g/mol. The highest BCUT2D eigenvalue weighted by Crippen LogP contribution is 2.61. The van der Waals surface area contributed by atoms with Crippen LogP contribution in [0.5, 0.6) is 0 Å². The molecule has 1 saturated carbocycles. The molecule has 0 aliphatic heterocycles. The molecule has 3 heteroatoms. The molecular formula is C8H15F3. The standard InChI is InChI=1S/C6H9F3.C2H6/c1-4-3-5(4,2)6(7,8)9;1-2/h4H,3H2,1-2H3;1-2H3. The third-order valence-electron chi connectivity index (χ3n) is 2.31. The van der Waals surface area contributed by atoms with Crippen molar-refractivity contribution in [1.82, 2.24) is 0 Å². The average Bonchev–Trinajstić information content (AvgIpc) is 2.46. The molecule has 1 aliphatic carbocycles. The van der Waals surface area contributed by atoms with E-state index in [9.17, 15) is 13.2 Å². The molecule has 11 heavy (non-hydrogen) atoms. The van der Waals surface area contributed by atoms with Gasteiger partial charge in [-0.15, -0.1) is 0 Å². The molecule has 0 amide bonds. The molecule has 0 saturated heterocycles. The second-order valence-corrected chi connectivity index (χ2v) is 3.02. The summed E-state index contributed by atoms with van der Waals surface area (Å²) < 4.78 is 35.6. The van der Waals surface area contributed by atoms with Crippen LogP contribution in [-0.4, -0.2) is 6.18 Å². The Hall–Kier alpha value is -0.210. The lowest BCUT2D eigenvalue weighted by atomic mass is 10.1. The van der Waals surface area contributed by atoms with Gasteiger partial charge in [-0.1, -0.05) is 27.7 Å². The van der Waals surface area contributed by atoms with Crippen molar-refractivity contribution >= 4 is 0 Å². The minimum atomic E-state index is -3.98. The zero-order valence-corrected chi connectivity index (χ0v) is 7.42. The van der Waals surface area contributed by atoms with Crippen LogP contribution in [0.2, 0.25) is 0 Å². The maximum Gasteiger partial charge on any atom is 0.394 e. The van der Waals surface area contributed by atoms with Gasteiger partial charge in [0, 0.05) is 0 Å². The second-order valence-electron chi connectivity index (χ2n) is 3.02. The van der Waals surface area contributed by atoms with E-state index in [1.54, 1.807) is 6.92 Å². The first-order valence-corrected chi connectivity index (χ1v) is 3.94. The van der Waals surface area contributed by atoms with Crippen LogP contribution in [-0.2, 0) is 0 Å². The Morgan fingerprint density at radius 3 is 1.55 bits per heavy atom. The number of halogens is 3. The van der Waals surface area contributed by atoms with Crippen LogP contribution in [0.1, 0.15) is 34.1 Å². The van der Waals surface area contributed by atoms with Crippen LogP contribution in [0, 0.1) is 11.3 Å². The first kappa shape index (κ1) is 10.8. The van der Waals surface area contributed by atoms with E-state index < -0.39 is 11.6 Å². The summed E-state index contributed by atoms with van der Waals surface area (Å²) in [6.45, 7) is 6.91. The summed E-state index contributed by atoms with van der Waals surface area (Å²) in [4.78, 5) is 0. The van der Waals surface area contributed by atoms with Crippen molar-refractivity contribution in [2.24, 2.45) is 11.3 Å².